The number of rotatable bonds is 2. The Kier molecular flexibility index (Phi) is 2.69. The van der Waals surface area contributed by atoms with Crippen LogP contribution in [0.2, 0.25) is 0 Å². The number of benzene rings is 1. The van der Waals surface area contributed by atoms with Gasteiger partial charge in [-0.15, -0.1) is 0 Å². The molecule has 2 rings (SSSR count). The zero-order valence-corrected chi connectivity index (χ0v) is 9.82. The number of anilines is 1. The van der Waals surface area contributed by atoms with Crippen LogP contribution in [0.25, 0.3) is 11.3 Å². The van der Waals surface area contributed by atoms with Gasteiger partial charge in [-0.1, -0.05) is 38.1 Å². The van der Waals surface area contributed by atoms with Crippen molar-refractivity contribution in [2.24, 2.45) is 0 Å². The van der Waals surface area contributed by atoms with Crippen LogP contribution in [0.1, 0.15) is 31.0 Å². The minimum Gasteiger partial charge on any atom is -0.423 e. The molecule has 0 bridgehead atoms. The third-order valence-corrected chi connectivity index (χ3v) is 2.65. The van der Waals surface area contributed by atoms with Gasteiger partial charge in [0.2, 0.25) is 0 Å². The van der Waals surface area contributed by atoms with E-state index in [4.69, 9.17) is 10.2 Å². The van der Waals surface area contributed by atoms with E-state index in [0.717, 1.165) is 17.0 Å². The van der Waals surface area contributed by atoms with Crippen LogP contribution in [0.3, 0.4) is 0 Å². The zero-order chi connectivity index (χ0) is 11.7. The summed E-state index contributed by atoms with van der Waals surface area (Å²) in [6.07, 6.45) is 0. The molecule has 0 aliphatic rings. The standard InChI is InChI=1S/C13H16N2O/c1-8(2)10-4-6-11(7-5-10)12-9(3)15-13(14)16-12/h4-8H,1-3H3,(H2,14,15). The first-order chi connectivity index (χ1) is 7.58. The van der Waals surface area contributed by atoms with E-state index in [2.05, 4.69) is 31.0 Å². The quantitative estimate of drug-likeness (QED) is 0.837. The second-order valence-corrected chi connectivity index (χ2v) is 4.24. The Bertz CT molecular complexity index is 483. The Morgan fingerprint density at radius 3 is 2.25 bits per heavy atom. The average molecular weight is 216 g/mol. The van der Waals surface area contributed by atoms with E-state index in [1.807, 2.05) is 19.1 Å². The van der Waals surface area contributed by atoms with Gasteiger partial charge in [-0.2, -0.15) is 4.98 Å². The molecule has 0 unspecified atom stereocenters. The number of nitrogen functional groups attached to an aromatic ring is 1. The molecule has 1 aromatic heterocycles. The summed E-state index contributed by atoms with van der Waals surface area (Å²) in [6.45, 7) is 6.24. The van der Waals surface area contributed by atoms with Crippen molar-refractivity contribution in [1.82, 2.24) is 4.98 Å². The van der Waals surface area contributed by atoms with Crippen molar-refractivity contribution in [3.05, 3.63) is 35.5 Å². The molecule has 84 valence electrons. The van der Waals surface area contributed by atoms with Gasteiger partial charge < -0.3 is 10.2 Å². The van der Waals surface area contributed by atoms with Crippen molar-refractivity contribution < 1.29 is 4.42 Å². The summed E-state index contributed by atoms with van der Waals surface area (Å²) in [6, 6.07) is 8.53. The predicted octanol–water partition coefficient (Wildman–Crippen LogP) is 3.36. The summed E-state index contributed by atoms with van der Waals surface area (Å²) in [5.74, 6) is 1.29. The molecule has 0 radical (unpaired) electrons. The number of hydrogen-bond acceptors (Lipinski definition) is 3. The number of aryl methyl sites for hydroxylation is 1. The fourth-order valence-corrected chi connectivity index (χ4v) is 1.70. The molecule has 0 atom stereocenters. The van der Waals surface area contributed by atoms with Crippen molar-refractivity contribution in [2.45, 2.75) is 26.7 Å². The molecule has 16 heavy (non-hydrogen) atoms. The molecule has 0 amide bonds. The average Bonchev–Trinajstić information content (AvgIpc) is 2.58. The minimum atomic E-state index is 0.223. The molecule has 3 nitrogen and oxygen atoms in total. The second-order valence-electron chi connectivity index (χ2n) is 4.24. The predicted molar refractivity (Wildman–Crippen MR) is 65.2 cm³/mol. The molecule has 0 saturated heterocycles. The molecule has 0 spiro atoms. The van der Waals surface area contributed by atoms with E-state index in [0.29, 0.717) is 5.92 Å². The summed E-state index contributed by atoms with van der Waals surface area (Å²) >= 11 is 0. The lowest BCUT2D eigenvalue weighted by Crippen LogP contribution is -1.86. The van der Waals surface area contributed by atoms with Crippen LogP contribution in [-0.2, 0) is 0 Å². The smallest absolute Gasteiger partial charge is 0.292 e. The highest BCUT2D eigenvalue weighted by atomic mass is 16.4. The lowest BCUT2D eigenvalue weighted by Gasteiger charge is -2.05. The van der Waals surface area contributed by atoms with Crippen molar-refractivity contribution in [2.75, 3.05) is 5.73 Å². The van der Waals surface area contributed by atoms with E-state index >= 15 is 0 Å². The molecule has 2 aromatic rings. The maximum atomic E-state index is 5.52. The van der Waals surface area contributed by atoms with Gasteiger partial charge in [0, 0.05) is 5.56 Å². The number of nitrogens with two attached hydrogens (primary N) is 1. The topological polar surface area (TPSA) is 52.0 Å². The van der Waals surface area contributed by atoms with E-state index in [-0.39, 0.29) is 6.01 Å². The molecule has 3 heteroatoms. The van der Waals surface area contributed by atoms with E-state index < -0.39 is 0 Å². The Morgan fingerprint density at radius 1 is 1.19 bits per heavy atom. The largest absolute Gasteiger partial charge is 0.423 e. The fraction of sp³-hybridized carbons (Fsp3) is 0.308. The molecular weight excluding hydrogens is 200 g/mol. The van der Waals surface area contributed by atoms with Crippen LogP contribution in [0.15, 0.2) is 28.7 Å². The van der Waals surface area contributed by atoms with Gasteiger partial charge in [-0.3, -0.25) is 0 Å². The molecule has 0 aliphatic carbocycles. The number of nitrogens with zero attached hydrogens (tertiary/aromatic N) is 1. The molecule has 0 saturated carbocycles. The molecule has 2 N–H and O–H groups in total. The van der Waals surface area contributed by atoms with Gasteiger partial charge in [-0.25, -0.2) is 0 Å². The van der Waals surface area contributed by atoms with Crippen LogP contribution in [0, 0.1) is 6.92 Å². The molecule has 0 fully saturated rings. The Labute approximate surface area is 95.3 Å². The number of hydrogen-bond donors (Lipinski definition) is 1. The SMILES string of the molecule is Cc1nc(N)oc1-c1ccc(C(C)C)cc1. The van der Waals surface area contributed by atoms with Gasteiger partial charge in [0.1, 0.15) is 0 Å². The lowest BCUT2D eigenvalue weighted by atomic mass is 10.0. The summed E-state index contributed by atoms with van der Waals surface area (Å²) in [7, 11) is 0. The van der Waals surface area contributed by atoms with Gasteiger partial charge in [0.15, 0.2) is 5.76 Å². The summed E-state index contributed by atoms with van der Waals surface area (Å²) in [5.41, 5.74) is 8.68. The van der Waals surface area contributed by atoms with Gasteiger partial charge in [0.05, 0.1) is 5.69 Å². The zero-order valence-electron chi connectivity index (χ0n) is 9.82. The van der Waals surface area contributed by atoms with Crippen LogP contribution in [0.5, 0.6) is 0 Å². The maximum absolute atomic E-state index is 5.52. The van der Waals surface area contributed by atoms with E-state index in [9.17, 15) is 0 Å². The maximum Gasteiger partial charge on any atom is 0.292 e. The third kappa shape index (κ3) is 1.94. The Balaban J connectivity index is 2.38. The van der Waals surface area contributed by atoms with Gasteiger partial charge in [-0.05, 0) is 18.4 Å². The highest BCUT2D eigenvalue weighted by Gasteiger charge is 2.09. The second kappa shape index (κ2) is 4.00. The Morgan fingerprint density at radius 2 is 1.81 bits per heavy atom. The summed E-state index contributed by atoms with van der Waals surface area (Å²) < 4.78 is 5.37. The van der Waals surface area contributed by atoms with Crippen molar-refractivity contribution in [3.8, 4) is 11.3 Å². The number of oxazole rings is 1. The molecule has 1 aromatic carbocycles. The molecular formula is C13H16N2O. The van der Waals surface area contributed by atoms with Crippen LogP contribution in [0.4, 0.5) is 6.01 Å². The first-order valence-electron chi connectivity index (χ1n) is 5.41. The van der Waals surface area contributed by atoms with E-state index in [1.165, 1.54) is 5.56 Å². The van der Waals surface area contributed by atoms with Crippen molar-refractivity contribution >= 4 is 6.01 Å². The first-order valence-corrected chi connectivity index (χ1v) is 5.41. The molecule has 1 heterocycles. The highest BCUT2D eigenvalue weighted by Crippen LogP contribution is 2.26. The summed E-state index contributed by atoms with van der Waals surface area (Å²) in [5, 5.41) is 0. The van der Waals surface area contributed by atoms with Crippen LogP contribution < -0.4 is 5.73 Å². The third-order valence-electron chi connectivity index (χ3n) is 2.65. The highest BCUT2D eigenvalue weighted by molar-refractivity contribution is 5.61. The normalized spacial score (nSPS) is 11.0. The lowest BCUT2D eigenvalue weighted by molar-refractivity contribution is 0.594. The van der Waals surface area contributed by atoms with Gasteiger partial charge in [0.25, 0.3) is 6.01 Å². The fourth-order valence-electron chi connectivity index (χ4n) is 1.70. The molecule has 0 aliphatic heterocycles. The monoisotopic (exact) mass is 216 g/mol. The van der Waals surface area contributed by atoms with Gasteiger partial charge >= 0.3 is 0 Å². The first kappa shape index (κ1) is 10.7. The minimum absolute atomic E-state index is 0.223. The van der Waals surface area contributed by atoms with Crippen LogP contribution in [-0.4, -0.2) is 4.98 Å². The number of aromatic nitrogens is 1. The van der Waals surface area contributed by atoms with Crippen LogP contribution >= 0.6 is 0 Å². The van der Waals surface area contributed by atoms with Crippen molar-refractivity contribution in [3.63, 3.8) is 0 Å². The van der Waals surface area contributed by atoms with Crippen molar-refractivity contribution in [1.29, 1.82) is 0 Å². The van der Waals surface area contributed by atoms with E-state index in [1.54, 1.807) is 0 Å². The summed E-state index contributed by atoms with van der Waals surface area (Å²) in [4.78, 5) is 4.06. The Hall–Kier alpha value is -1.77.